The van der Waals surface area contributed by atoms with Crippen molar-refractivity contribution in [3.63, 3.8) is 0 Å². The smallest absolute Gasteiger partial charge is 0.355 e. The van der Waals surface area contributed by atoms with Gasteiger partial charge in [-0.2, -0.15) is 0 Å². The van der Waals surface area contributed by atoms with Crippen molar-refractivity contribution in [3.8, 4) is 0 Å². The highest BCUT2D eigenvalue weighted by Crippen LogP contribution is 2.27. The summed E-state index contributed by atoms with van der Waals surface area (Å²) in [5.41, 5.74) is 1.19. The molecule has 7 heteroatoms. The van der Waals surface area contributed by atoms with Crippen molar-refractivity contribution in [3.05, 3.63) is 58.4 Å². The summed E-state index contributed by atoms with van der Waals surface area (Å²) < 4.78 is 16.6. The van der Waals surface area contributed by atoms with Crippen LogP contribution in [-0.4, -0.2) is 42.8 Å². The Labute approximate surface area is 157 Å². The molecule has 0 radical (unpaired) electrons. The van der Waals surface area contributed by atoms with Gasteiger partial charge in [0.05, 0.1) is 25.9 Å². The first-order valence-corrected chi connectivity index (χ1v) is 8.65. The van der Waals surface area contributed by atoms with E-state index in [-0.39, 0.29) is 36.6 Å². The standard InChI is InChI=1S/C20H23NO6/c1-5-26-19(23)16-15(18(22)25-4)13(3)21(17(16)20(24)27-6-2)12-14-10-8-7-9-11-14/h7-11H,5-6,12H2,1-4H3. The van der Waals surface area contributed by atoms with Crippen molar-refractivity contribution in [2.45, 2.75) is 27.3 Å². The predicted molar refractivity (Wildman–Crippen MR) is 98.0 cm³/mol. The van der Waals surface area contributed by atoms with Crippen molar-refractivity contribution in [2.24, 2.45) is 0 Å². The zero-order valence-corrected chi connectivity index (χ0v) is 15.9. The Balaban J connectivity index is 2.74. The van der Waals surface area contributed by atoms with Crippen LogP contribution >= 0.6 is 0 Å². The fourth-order valence-electron chi connectivity index (χ4n) is 2.87. The second-order valence-corrected chi connectivity index (χ2v) is 5.69. The summed E-state index contributed by atoms with van der Waals surface area (Å²) in [6.07, 6.45) is 0. The lowest BCUT2D eigenvalue weighted by Gasteiger charge is -2.12. The maximum atomic E-state index is 12.7. The van der Waals surface area contributed by atoms with E-state index in [0.29, 0.717) is 5.69 Å². The minimum atomic E-state index is -0.768. The summed E-state index contributed by atoms with van der Waals surface area (Å²) in [6, 6.07) is 9.38. The number of methoxy groups -OCH3 is 1. The second kappa shape index (κ2) is 9.02. The van der Waals surface area contributed by atoms with Gasteiger partial charge >= 0.3 is 17.9 Å². The van der Waals surface area contributed by atoms with Crippen LogP contribution in [0.4, 0.5) is 0 Å². The number of hydrogen-bond donors (Lipinski definition) is 0. The molecule has 27 heavy (non-hydrogen) atoms. The Kier molecular flexibility index (Phi) is 6.76. The monoisotopic (exact) mass is 373 g/mol. The van der Waals surface area contributed by atoms with Gasteiger partial charge in [-0.3, -0.25) is 0 Å². The fraction of sp³-hybridized carbons (Fsp3) is 0.350. The van der Waals surface area contributed by atoms with Gasteiger partial charge in [0.25, 0.3) is 0 Å². The van der Waals surface area contributed by atoms with Crippen LogP contribution in [0.5, 0.6) is 0 Å². The van der Waals surface area contributed by atoms with E-state index in [2.05, 4.69) is 0 Å². The molecule has 1 aromatic carbocycles. The summed E-state index contributed by atoms with van der Waals surface area (Å²) in [5, 5.41) is 0. The van der Waals surface area contributed by atoms with Crippen molar-refractivity contribution in [1.29, 1.82) is 0 Å². The Hall–Kier alpha value is -3.09. The van der Waals surface area contributed by atoms with Crippen LogP contribution in [0.1, 0.15) is 56.3 Å². The Morgan fingerprint density at radius 1 is 0.889 bits per heavy atom. The van der Waals surface area contributed by atoms with Crippen LogP contribution in [0, 0.1) is 6.92 Å². The molecule has 0 saturated carbocycles. The maximum absolute atomic E-state index is 12.7. The third kappa shape index (κ3) is 4.19. The first-order valence-electron chi connectivity index (χ1n) is 8.65. The van der Waals surface area contributed by atoms with Crippen LogP contribution in [0.15, 0.2) is 30.3 Å². The van der Waals surface area contributed by atoms with Gasteiger partial charge in [-0.25, -0.2) is 14.4 Å². The van der Waals surface area contributed by atoms with Crippen molar-refractivity contribution >= 4 is 17.9 Å². The minimum Gasteiger partial charge on any atom is -0.465 e. The summed E-state index contributed by atoms with van der Waals surface area (Å²) in [6.45, 7) is 5.48. The van der Waals surface area contributed by atoms with Gasteiger partial charge in [-0.1, -0.05) is 30.3 Å². The average molecular weight is 373 g/mol. The van der Waals surface area contributed by atoms with Gasteiger partial charge in [-0.05, 0) is 26.3 Å². The molecular weight excluding hydrogens is 350 g/mol. The number of carbonyl (C=O) groups is 3. The van der Waals surface area contributed by atoms with Crippen LogP contribution in [-0.2, 0) is 20.8 Å². The van der Waals surface area contributed by atoms with E-state index in [1.165, 1.54) is 7.11 Å². The lowest BCUT2D eigenvalue weighted by molar-refractivity contribution is 0.0465. The van der Waals surface area contributed by atoms with Crippen LogP contribution in [0.3, 0.4) is 0 Å². The lowest BCUT2D eigenvalue weighted by atomic mass is 10.1. The van der Waals surface area contributed by atoms with Gasteiger partial charge in [0.1, 0.15) is 11.3 Å². The molecule has 0 unspecified atom stereocenters. The summed E-state index contributed by atoms with van der Waals surface area (Å²) in [7, 11) is 1.22. The number of aromatic nitrogens is 1. The van der Waals surface area contributed by atoms with E-state index < -0.39 is 17.9 Å². The van der Waals surface area contributed by atoms with Crippen LogP contribution in [0.2, 0.25) is 0 Å². The highest BCUT2D eigenvalue weighted by molar-refractivity contribution is 6.11. The average Bonchev–Trinajstić information content (AvgIpc) is 2.95. The molecule has 0 fully saturated rings. The van der Waals surface area contributed by atoms with Crippen molar-refractivity contribution in [1.82, 2.24) is 4.57 Å². The van der Waals surface area contributed by atoms with Crippen molar-refractivity contribution in [2.75, 3.05) is 20.3 Å². The molecule has 144 valence electrons. The number of hydrogen-bond acceptors (Lipinski definition) is 6. The molecule has 0 atom stereocenters. The number of nitrogens with zero attached hydrogens (tertiary/aromatic N) is 1. The second-order valence-electron chi connectivity index (χ2n) is 5.69. The van der Waals surface area contributed by atoms with Gasteiger partial charge in [0.15, 0.2) is 0 Å². The molecule has 0 spiro atoms. The maximum Gasteiger partial charge on any atom is 0.355 e. The zero-order valence-electron chi connectivity index (χ0n) is 15.9. The molecule has 0 saturated heterocycles. The summed E-state index contributed by atoms with van der Waals surface area (Å²) in [4.78, 5) is 37.6. The zero-order chi connectivity index (χ0) is 20.0. The first kappa shape index (κ1) is 20.2. The fourth-order valence-corrected chi connectivity index (χ4v) is 2.87. The number of rotatable bonds is 7. The number of ether oxygens (including phenoxy) is 3. The van der Waals surface area contributed by atoms with Gasteiger partial charge in [-0.15, -0.1) is 0 Å². The molecule has 0 aliphatic rings. The predicted octanol–water partition coefficient (Wildman–Crippen LogP) is 2.98. The topological polar surface area (TPSA) is 83.8 Å². The molecule has 1 heterocycles. The number of carbonyl (C=O) groups excluding carboxylic acids is 3. The van der Waals surface area contributed by atoms with E-state index in [9.17, 15) is 14.4 Å². The lowest BCUT2D eigenvalue weighted by Crippen LogP contribution is -2.19. The van der Waals surface area contributed by atoms with E-state index >= 15 is 0 Å². The molecule has 0 aliphatic heterocycles. The number of esters is 3. The third-order valence-electron chi connectivity index (χ3n) is 4.04. The Bertz CT molecular complexity index is 838. The van der Waals surface area contributed by atoms with Crippen LogP contribution < -0.4 is 0 Å². The molecule has 7 nitrogen and oxygen atoms in total. The molecule has 2 aromatic rings. The SMILES string of the molecule is CCOC(=O)c1c(C(=O)OC)c(C)n(Cc2ccccc2)c1C(=O)OCC. The molecule has 1 aromatic heterocycles. The van der Waals surface area contributed by atoms with E-state index in [1.807, 2.05) is 30.3 Å². The van der Waals surface area contributed by atoms with E-state index in [4.69, 9.17) is 14.2 Å². The van der Waals surface area contributed by atoms with Crippen LogP contribution in [0.25, 0.3) is 0 Å². The summed E-state index contributed by atoms with van der Waals surface area (Å²) >= 11 is 0. The highest BCUT2D eigenvalue weighted by Gasteiger charge is 2.34. The van der Waals surface area contributed by atoms with Crippen molar-refractivity contribution < 1.29 is 28.6 Å². The van der Waals surface area contributed by atoms with E-state index in [1.54, 1.807) is 25.3 Å². The summed E-state index contributed by atoms with van der Waals surface area (Å²) in [5.74, 6) is -2.18. The molecule has 0 bridgehead atoms. The quantitative estimate of drug-likeness (QED) is 0.548. The molecule has 0 N–H and O–H groups in total. The molecule has 0 aliphatic carbocycles. The van der Waals surface area contributed by atoms with Gasteiger partial charge in [0, 0.05) is 12.2 Å². The third-order valence-corrected chi connectivity index (χ3v) is 4.04. The molecular formula is C20H23NO6. The highest BCUT2D eigenvalue weighted by atomic mass is 16.5. The largest absolute Gasteiger partial charge is 0.465 e. The Morgan fingerprint density at radius 2 is 1.48 bits per heavy atom. The minimum absolute atomic E-state index is 0.00920. The normalized spacial score (nSPS) is 10.4. The first-order chi connectivity index (χ1) is 13.0. The van der Waals surface area contributed by atoms with Gasteiger partial charge < -0.3 is 18.8 Å². The molecule has 0 amide bonds. The number of benzene rings is 1. The molecule has 2 rings (SSSR count). The van der Waals surface area contributed by atoms with Gasteiger partial charge in [0.2, 0.25) is 0 Å². The Morgan fingerprint density at radius 3 is 2.04 bits per heavy atom. The van der Waals surface area contributed by atoms with E-state index in [0.717, 1.165) is 5.56 Å².